The number of rotatable bonds is 9. The summed E-state index contributed by atoms with van der Waals surface area (Å²) in [4.78, 5) is 15.8. The van der Waals surface area contributed by atoms with Crippen molar-refractivity contribution in [1.29, 1.82) is 0 Å². The minimum absolute atomic E-state index is 0.129. The van der Waals surface area contributed by atoms with Crippen LogP contribution in [0.25, 0.3) is 0 Å². The Bertz CT molecular complexity index is 1040. The summed E-state index contributed by atoms with van der Waals surface area (Å²) in [5, 5.41) is 7.76. The molecule has 0 aliphatic rings. The zero-order valence-electron chi connectivity index (χ0n) is 16.1. The van der Waals surface area contributed by atoms with E-state index < -0.39 is 0 Å². The van der Waals surface area contributed by atoms with Crippen molar-refractivity contribution in [1.82, 2.24) is 4.98 Å². The predicted octanol–water partition coefficient (Wildman–Crippen LogP) is 5.58. The molecule has 0 aliphatic heterocycles. The molecule has 0 spiro atoms. The first-order valence-electron chi connectivity index (χ1n) is 9.10. The van der Waals surface area contributed by atoms with Crippen LogP contribution >= 0.6 is 34.5 Å². The molecule has 6 nitrogen and oxygen atoms in total. The van der Waals surface area contributed by atoms with Gasteiger partial charge in [-0.1, -0.05) is 41.4 Å². The summed E-state index contributed by atoms with van der Waals surface area (Å²) < 4.78 is 10.8. The Balaban J connectivity index is 1.64. The molecule has 3 rings (SSSR count). The Morgan fingerprint density at radius 1 is 1.27 bits per heavy atom. The van der Waals surface area contributed by atoms with Gasteiger partial charge in [0, 0.05) is 26.6 Å². The molecule has 156 valence electrons. The quantitative estimate of drug-likeness (QED) is 0.254. The highest BCUT2D eigenvalue weighted by molar-refractivity contribution is 7.13. The van der Waals surface area contributed by atoms with Crippen molar-refractivity contribution in [2.45, 2.75) is 20.0 Å². The molecular weight excluding hydrogens is 445 g/mol. The third-order valence-corrected chi connectivity index (χ3v) is 5.26. The predicted molar refractivity (Wildman–Crippen MR) is 121 cm³/mol. The Hall–Kier alpha value is -2.61. The number of benzene rings is 2. The fourth-order valence-corrected chi connectivity index (χ4v) is 3.51. The molecule has 1 aromatic heterocycles. The SMILES string of the molecule is CCOC(=O)Cc1csc(NN=Cc2cc(Cl)ccc2OCc2ccccc2Cl)n1. The monoisotopic (exact) mass is 463 g/mol. The minimum Gasteiger partial charge on any atom is -0.488 e. The maximum Gasteiger partial charge on any atom is 0.311 e. The van der Waals surface area contributed by atoms with Gasteiger partial charge >= 0.3 is 5.97 Å². The van der Waals surface area contributed by atoms with Gasteiger partial charge in [-0.3, -0.25) is 10.2 Å². The molecule has 30 heavy (non-hydrogen) atoms. The second-order valence-corrected chi connectivity index (χ2v) is 7.76. The van der Waals surface area contributed by atoms with Crippen LogP contribution in [0.5, 0.6) is 5.75 Å². The number of aromatic nitrogens is 1. The van der Waals surface area contributed by atoms with Crippen LogP contribution in [0.2, 0.25) is 10.0 Å². The fourth-order valence-electron chi connectivity index (χ4n) is 2.48. The minimum atomic E-state index is -0.308. The van der Waals surface area contributed by atoms with Crippen molar-refractivity contribution in [3.05, 3.63) is 74.7 Å². The number of carbonyl (C=O) groups excluding carboxylic acids is 1. The summed E-state index contributed by atoms with van der Waals surface area (Å²) in [6.07, 6.45) is 1.73. The highest BCUT2D eigenvalue weighted by Gasteiger charge is 2.09. The highest BCUT2D eigenvalue weighted by Crippen LogP contribution is 2.24. The van der Waals surface area contributed by atoms with Gasteiger partial charge in [0.05, 0.1) is 24.9 Å². The van der Waals surface area contributed by atoms with Crippen LogP contribution < -0.4 is 10.2 Å². The average molecular weight is 464 g/mol. The van der Waals surface area contributed by atoms with Gasteiger partial charge in [-0.25, -0.2) is 4.98 Å². The second kappa shape index (κ2) is 11.0. The van der Waals surface area contributed by atoms with Gasteiger partial charge in [0.1, 0.15) is 12.4 Å². The van der Waals surface area contributed by atoms with Gasteiger partial charge in [0.15, 0.2) is 0 Å². The molecule has 2 aromatic carbocycles. The number of carbonyl (C=O) groups is 1. The zero-order valence-corrected chi connectivity index (χ0v) is 18.4. The lowest BCUT2D eigenvalue weighted by Gasteiger charge is -2.10. The summed E-state index contributed by atoms with van der Waals surface area (Å²) in [6.45, 7) is 2.43. The van der Waals surface area contributed by atoms with Crippen molar-refractivity contribution < 1.29 is 14.3 Å². The molecule has 0 saturated carbocycles. The van der Waals surface area contributed by atoms with Crippen LogP contribution in [0.1, 0.15) is 23.7 Å². The van der Waals surface area contributed by atoms with Crippen molar-refractivity contribution in [2.24, 2.45) is 5.10 Å². The van der Waals surface area contributed by atoms with Gasteiger partial charge in [-0.15, -0.1) is 11.3 Å². The topological polar surface area (TPSA) is 72.8 Å². The van der Waals surface area contributed by atoms with Gasteiger partial charge < -0.3 is 9.47 Å². The van der Waals surface area contributed by atoms with Crippen LogP contribution in [-0.2, 0) is 22.6 Å². The zero-order chi connectivity index (χ0) is 21.3. The molecule has 0 saturated heterocycles. The first-order valence-corrected chi connectivity index (χ1v) is 10.7. The molecule has 9 heteroatoms. The molecule has 0 aliphatic carbocycles. The van der Waals surface area contributed by atoms with E-state index in [0.717, 1.165) is 5.56 Å². The van der Waals surface area contributed by atoms with E-state index in [-0.39, 0.29) is 12.4 Å². The Morgan fingerprint density at radius 2 is 2.10 bits per heavy atom. The maximum absolute atomic E-state index is 11.5. The van der Waals surface area contributed by atoms with Crippen LogP contribution in [-0.4, -0.2) is 23.8 Å². The van der Waals surface area contributed by atoms with E-state index in [0.29, 0.717) is 45.4 Å². The van der Waals surface area contributed by atoms with Gasteiger partial charge in [-0.2, -0.15) is 5.10 Å². The molecule has 3 aromatic rings. The number of hydrogen-bond donors (Lipinski definition) is 1. The average Bonchev–Trinajstić information content (AvgIpc) is 3.15. The maximum atomic E-state index is 11.5. The van der Waals surface area contributed by atoms with Gasteiger partial charge in [-0.05, 0) is 31.2 Å². The Labute approximate surface area is 188 Å². The molecule has 0 atom stereocenters. The summed E-state index contributed by atoms with van der Waals surface area (Å²) >= 11 is 13.7. The number of halogens is 2. The first-order chi connectivity index (χ1) is 14.5. The van der Waals surface area contributed by atoms with Gasteiger partial charge in [0.25, 0.3) is 0 Å². The number of anilines is 1. The van der Waals surface area contributed by atoms with Crippen LogP contribution in [0.3, 0.4) is 0 Å². The van der Waals surface area contributed by atoms with Crippen LogP contribution in [0.15, 0.2) is 52.9 Å². The number of nitrogens with one attached hydrogen (secondary N) is 1. The fraction of sp³-hybridized carbons (Fsp3) is 0.190. The van der Waals surface area contributed by atoms with Gasteiger partial charge in [0.2, 0.25) is 5.13 Å². The number of esters is 1. The third kappa shape index (κ3) is 6.45. The Kier molecular flexibility index (Phi) is 8.07. The van der Waals surface area contributed by atoms with E-state index in [2.05, 4.69) is 15.5 Å². The lowest BCUT2D eigenvalue weighted by molar-refractivity contribution is -0.142. The van der Waals surface area contributed by atoms with E-state index in [4.69, 9.17) is 32.7 Å². The molecule has 1 heterocycles. The number of hydrogen-bond acceptors (Lipinski definition) is 7. The van der Waals surface area contributed by atoms with Crippen LogP contribution in [0, 0.1) is 0 Å². The number of nitrogens with zero attached hydrogens (tertiary/aromatic N) is 2. The van der Waals surface area contributed by atoms with Crippen molar-refractivity contribution in [2.75, 3.05) is 12.0 Å². The molecule has 0 bridgehead atoms. The smallest absolute Gasteiger partial charge is 0.311 e. The van der Waals surface area contributed by atoms with E-state index in [9.17, 15) is 4.79 Å². The number of hydrazone groups is 1. The lowest BCUT2D eigenvalue weighted by Crippen LogP contribution is -2.07. The molecular formula is C21H19Cl2N3O3S. The van der Waals surface area contributed by atoms with E-state index in [1.165, 1.54) is 11.3 Å². The third-order valence-electron chi connectivity index (χ3n) is 3.86. The summed E-state index contributed by atoms with van der Waals surface area (Å²) in [5.74, 6) is 0.309. The van der Waals surface area contributed by atoms with Crippen molar-refractivity contribution in [3.8, 4) is 5.75 Å². The normalized spacial score (nSPS) is 10.9. The molecule has 0 fully saturated rings. The molecule has 0 unspecified atom stereocenters. The lowest BCUT2D eigenvalue weighted by atomic mass is 10.2. The number of ether oxygens (including phenoxy) is 2. The number of thiazole rings is 1. The summed E-state index contributed by atoms with van der Waals surface area (Å²) in [7, 11) is 0. The van der Waals surface area contributed by atoms with Crippen LogP contribution in [0.4, 0.5) is 5.13 Å². The van der Waals surface area contributed by atoms with E-state index >= 15 is 0 Å². The summed E-state index contributed by atoms with van der Waals surface area (Å²) in [6, 6.07) is 12.8. The van der Waals surface area contributed by atoms with Crippen molar-refractivity contribution >= 4 is 51.9 Å². The first kappa shape index (κ1) is 22.1. The summed E-state index contributed by atoms with van der Waals surface area (Å²) in [5.41, 5.74) is 5.06. The second-order valence-electron chi connectivity index (χ2n) is 6.06. The molecule has 1 N–H and O–H groups in total. The standard InChI is InChI=1S/C21H19Cl2N3O3S/c1-2-28-20(27)10-17-13-30-21(25-17)26-24-11-15-9-16(22)7-8-19(15)29-12-14-5-3-4-6-18(14)23/h3-9,11,13H,2,10,12H2,1H3,(H,25,26). The Morgan fingerprint density at radius 3 is 2.90 bits per heavy atom. The van der Waals surface area contributed by atoms with E-state index in [1.807, 2.05) is 24.3 Å². The highest BCUT2D eigenvalue weighted by atomic mass is 35.5. The van der Waals surface area contributed by atoms with E-state index in [1.54, 1.807) is 36.7 Å². The molecule has 0 amide bonds. The molecule has 0 radical (unpaired) electrons. The largest absolute Gasteiger partial charge is 0.488 e. The van der Waals surface area contributed by atoms with Crippen molar-refractivity contribution in [3.63, 3.8) is 0 Å².